The molecular formula is C13H19N3. The normalized spacial score (nSPS) is 20.4. The summed E-state index contributed by atoms with van der Waals surface area (Å²) in [6.45, 7) is 6.11. The molecule has 0 aliphatic carbocycles. The first-order valence-corrected chi connectivity index (χ1v) is 5.80. The maximum Gasteiger partial charge on any atom is 0.188 e. The van der Waals surface area contributed by atoms with E-state index >= 15 is 0 Å². The average molecular weight is 217 g/mol. The van der Waals surface area contributed by atoms with Gasteiger partial charge in [0.2, 0.25) is 0 Å². The highest BCUT2D eigenvalue weighted by molar-refractivity contribution is 5.78. The van der Waals surface area contributed by atoms with Crippen molar-refractivity contribution in [3.05, 3.63) is 35.4 Å². The first-order valence-electron chi connectivity index (χ1n) is 5.80. The van der Waals surface area contributed by atoms with E-state index < -0.39 is 0 Å². The van der Waals surface area contributed by atoms with Gasteiger partial charge in [0, 0.05) is 12.5 Å². The summed E-state index contributed by atoms with van der Waals surface area (Å²) in [5.41, 5.74) is 8.34. The van der Waals surface area contributed by atoms with Gasteiger partial charge in [0.05, 0.1) is 6.54 Å². The van der Waals surface area contributed by atoms with Crippen molar-refractivity contribution >= 4 is 5.96 Å². The fraction of sp³-hybridized carbons (Fsp3) is 0.462. The Morgan fingerprint density at radius 3 is 2.88 bits per heavy atom. The van der Waals surface area contributed by atoms with Gasteiger partial charge in [-0.3, -0.25) is 4.99 Å². The Balaban J connectivity index is 2.18. The van der Waals surface area contributed by atoms with E-state index in [1.54, 1.807) is 0 Å². The Labute approximate surface area is 96.8 Å². The summed E-state index contributed by atoms with van der Waals surface area (Å²) in [4.78, 5) is 4.25. The van der Waals surface area contributed by atoms with Crippen molar-refractivity contribution in [3.63, 3.8) is 0 Å². The number of nitrogens with two attached hydrogens (primary N) is 1. The maximum atomic E-state index is 5.59. The fourth-order valence-corrected chi connectivity index (χ4v) is 1.95. The van der Waals surface area contributed by atoms with Gasteiger partial charge < -0.3 is 11.1 Å². The lowest BCUT2D eigenvalue weighted by atomic mass is 9.93. The van der Waals surface area contributed by atoms with Crippen LogP contribution in [0.4, 0.5) is 0 Å². The number of hydrogen-bond donors (Lipinski definition) is 2. The SMILES string of the molecule is CC(C)c1cccc(C2CN=C(N)NC2)c1. The number of aliphatic imine (C=N–C) groups is 1. The summed E-state index contributed by atoms with van der Waals surface area (Å²) in [5.74, 6) is 1.59. The van der Waals surface area contributed by atoms with Crippen molar-refractivity contribution in [1.82, 2.24) is 5.32 Å². The predicted octanol–water partition coefficient (Wildman–Crippen LogP) is 1.81. The van der Waals surface area contributed by atoms with E-state index in [9.17, 15) is 0 Å². The first kappa shape index (κ1) is 11.0. The molecule has 0 fully saturated rings. The molecule has 0 spiro atoms. The topological polar surface area (TPSA) is 50.4 Å². The van der Waals surface area contributed by atoms with Crippen LogP contribution in [0, 0.1) is 0 Å². The molecular weight excluding hydrogens is 198 g/mol. The van der Waals surface area contributed by atoms with Gasteiger partial charge in [-0.1, -0.05) is 38.1 Å². The molecule has 0 amide bonds. The second kappa shape index (κ2) is 4.56. The van der Waals surface area contributed by atoms with Crippen LogP contribution >= 0.6 is 0 Å². The number of nitrogens with zero attached hydrogens (tertiary/aromatic N) is 1. The number of rotatable bonds is 2. The number of guanidine groups is 1. The zero-order chi connectivity index (χ0) is 11.5. The molecule has 3 nitrogen and oxygen atoms in total. The van der Waals surface area contributed by atoms with Gasteiger partial charge in [0.25, 0.3) is 0 Å². The Morgan fingerprint density at radius 1 is 1.44 bits per heavy atom. The molecule has 1 heterocycles. The summed E-state index contributed by atoms with van der Waals surface area (Å²) in [5, 5.41) is 3.11. The predicted molar refractivity (Wildman–Crippen MR) is 67.8 cm³/mol. The Bertz CT molecular complexity index is 396. The minimum atomic E-state index is 0.450. The van der Waals surface area contributed by atoms with Crippen molar-refractivity contribution < 1.29 is 0 Å². The summed E-state index contributed by atoms with van der Waals surface area (Å²) in [7, 11) is 0. The standard InChI is InChI=1S/C13H19N3/c1-9(2)10-4-3-5-11(6-10)12-7-15-13(14)16-8-12/h3-6,9,12H,7-8H2,1-2H3,(H3,14,15,16). The zero-order valence-corrected chi connectivity index (χ0v) is 9.90. The Kier molecular flexibility index (Phi) is 3.13. The highest BCUT2D eigenvalue weighted by Gasteiger charge is 2.15. The van der Waals surface area contributed by atoms with Gasteiger partial charge in [-0.15, -0.1) is 0 Å². The van der Waals surface area contributed by atoms with E-state index in [2.05, 4.69) is 48.4 Å². The molecule has 1 unspecified atom stereocenters. The lowest BCUT2D eigenvalue weighted by molar-refractivity contribution is 0.633. The molecule has 1 aliphatic rings. The van der Waals surface area contributed by atoms with Gasteiger partial charge in [0.15, 0.2) is 5.96 Å². The van der Waals surface area contributed by atoms with Crippen LogP contribution in [0.25, 0.3) is 0 Å². The summed E-state index contributed by atoms with van der Waals surface area (Å²) in [6, 6.07) is 8.78. The van der Waals surface area contributed by atoms with Gasteiger partial charge in [0.1, 0.15) is 0 Å². The molecule has 1 aliphatic heterocycles. The van der Waals surface area contributed by atoms with E-state index in [1.165, 1.54) is 11.1 Å². The van der Waals surface area contributed by atoms with E-state index in [-0.39, 0.29) is 0 Å². The monoisotopic (exact) mass is 217 g/mol. The van der Waals surface area contributed by atoms with Crippen molar-refractivity contribution in [2.24, 2.45) is 10.7 Å². The van der Waals surface area contributed by atoms with E-state index in [4.69, 9.17) is 5.73 Å². The quantitative estimate of drug-likeness (QED) is 0.793. The fourth-order valence-electron chi connectivity index (χ4n) is 1.95. The molecule has 3 N–H and O–H groups in total. The number of nitrogens with one attached hydrogen (secondary N) is 1. The van der Waals surface area contributed by atoms with E-state index in [1.807, 2.05) is 0 Å². The molecule has 0 saturated heterocycles. The molecule has 3 heteroatoms. The van der Waals surface area contributed by atoms with Crippen LogP contribution in [-0.4, -0.2) is 19.0 Å². The second-order valence-electron chi connectivity index (χ2n) is 4.63. The van der Waals surface area contributed by atoms with Crippen LogP contribution in [0.1, 0.15) is 36.8 Å². The molecule has 0 bridgehead atoms. The smallest absolute Gasteiger partial charge is 0.188 e. The molecule has 86 valence electrons. The van der Waals surface area contributed by atoms with Crippen LogP contribution in [0.15, 0.2) is 29.3 Å². The van der Waals surface area contributed by atoms with Crippen LogP contribution < -0.4 is 11.1 Å². The third-order valence-corrected chi connectivity index (χ3v) is 3.06. The molecule has 1 aromatic carbocycles. The highest BCUT2D eigenvalue weighted by Crippen LogP contribution is 2.22. The Hall–Kier alpha value is -1.51. The third-order valence-electron chi connectivity index (χ3n) is 3.06. The van der Waals surface area contributed by atoms with Crippen LogP contribution in [-0.2, 0) is 0 Å². The van der Waals surface area contributed by atoms with Crippen molar-refractivity contribution in [3.8, 4) is 0 Å². The van der Waals surface area contributed by atoms with Crippen LogP contribution in [0.2, 0.25) is 0 Å². The lowest BCUT2D eigenvalue weighted by Gasteiger charge is -2.22. The van der Waals surface area contributed by atoms with Crippen LogP contribution in [0.3, 0.4) is 0 Å². The van der Waals surface area contributed by atoms with Gasteiger partial charge in [-0.05, 0) is 17.0 Å². The molecule has 0 aromatic heterocycles. The third kappa shape index (κ3) is 2.35. The minimum absolute atomic E-state index is 0.450. The Morgan fingerprint density at radius 2 is 2.25 bits per heavy atom. The van der Waals surface area contributed by atoms with E-state index in [0.717, 1.165) is 13.1 Å². The molecule has 16 heavy (non-hydrogen) atoms. The largest absolute Gasteiger partial charge is 0.370 e. The van der Waals surface area contributed by atoms with Gasteiger partial charge in [-0.25, -0.2) is 0 Å². The van der Waals surface area contributed by atoms with Crippen LogP contribution in [0.5, 0.6) is 0 Å². The van der Waals surface area contributed by atoms with E-state index in [0.29, 0.717) is 17.8 Å². The molecule has 2 rings (SSSR count). The van der Waals surface area contributed by atoms with Gasteiger partial charge >= 0.3 is 0 Å². The minimum Gasteiger partial charge on any atom is -0.370 e. The lowest BCUT2D eigenvalue weighted by Crippen LogP contribution is -2.39. The number of benzene rings is 1. The van der Waals surface area contributed by atoms with Gasteiger partial charge in [-0.2, -0.15) is 0 Å². The highest BCUT2D eigenvalue weighted by atomic mass is 15.1. The average Bonchev–Trinajstić information content (AvgIpc) is 2.30. The molecule has 1 atom stereocenters. The summed E-state index contributed by atoms with van der Waals surface area (Å²) >= 11 is 0. The zero-order valence-electron chi connectivity index (χ0n) is 9.90. The van der Waals surface area contributed by atoms with Crippen molar-refractivity contribution in [2.75, 3.05) is 13.1 Å². The molecule has 0 radical (unpaired) electrons. The maximum absolute atomic E-state index is 5.59. The summed E-state index contributed by atoms with van der Waals surface area (Å²) in [6.07, 6.45) is 0. The summed E-state index contributed by atoms with van der Waals surface area (Å²) < 4.78 is 0. The first-order chi connectivity index (χ1) is 7.66. The molecule has 1 aromatic rings. The second-order valence-corrected chi connectivity index (χ2v) is 4.63. The number of hydrogen-bond acceptors (Lipinski definition) is 3. The van der Waals surface area contributed by atoms with Crippen molar-refractivity contribution in [2.45, 2.75) is 25.7 Å². The van der Waals surface area contributed by atoms with Crippen molar-refractivity contribution in [1.29, 1.82) is 0 Å². The molecule has 0 saturated carbocycles.